The van der Waals surface area contributed by atoms with E-state index in [-0.39, 0.29) is 18.0 Å². The zero-order chi connectivity index (χ0) is 18.3. The first-order valence-corrected chi connectivity index (χ1v) is 9.21. The molecule has 5 atom stereocenters. The van der Waals surface area contributed by atoms with E-state index in [2.05, 4.69) is 49.9 Å². The van der Waals surface area contributed by atoms with Gasteiger partial charge in [-0.05, 0) is 43.2 Å². The lowest BCUT2D eigenvalue weighted by molar-refractivity contribution is 0.0210. The van der Waals surface area contributed by atoms with E-state index in [9.17, 15) is 10.2 Å². The van der Waals surface area contributed by atoms with Gasteiger partial charge in [0.2, 0.25) is 11.9 Å². The third-order valence-electron chi connectivity index (χ3n) is 5.47. The lowest BCUT2D eigenvalue weighted by atomic mass is 10.1. The molecule has 2 aliphatic rings. The van der Waals surface area contributed by atoms with Crippen LogP contribution in [0.5, 0.6) is 0 Å². The molecular formula is C19H25N5O2. The van der Waals surface area contributed by atoms with E-state index in [1.807, 2.05) is 13.8 Å². The molecule has 1 saturated carbocycles. The van der Waals surface area contributed by atoms with Crippen LogP contribution in [0, 0.1) is 12.8 Å². The predicted octanol–water partition coefficient (Wildman–Crippen LogP) is 1.82. The molecule has 1 fully saturated rings. The maximum atomic E-state index is 10.2. The Hall–Kier alpha value is -2.25. The van der Waals surface area contributed by atoms with Gasteiger partial charge in [-0.3, -0.25) is 0 Å². The fourth-order valence-electron chi connectivity index (χ4n) is 4.04. The minimum Gasteiger partial charge on any atom is -0.390 e. The lowest BCUT2D eigenvalue weighted by Gasteiger charge is -2.19. The second-order valence-corrected chi connectivity index (χ2v) is 7.41. The van der Waals surface area contributed by atoms with E-state index in [4.69, 9.17) is 0 Å². The molecule has 4 rings (SSSR count). The van der Waals surface area contributed by atoms with Gasteiger partial charge in [-0.1, -0.05) is 31.2 Å². The summed E-state index contributed by atoms with van der Waals surface area (Å²) in [6, 6.07) is 8.36. The van der Waals surface area contributed by atoms with Crippen molar-refractivity contribution in [1.29, 1.82) is 0 Å². The normalized spacial score (nSPS) is 30.2. The lowest BCUT2D eigenvalue weighted by Crippen LogP contribution is -2.35. The highest BCUT2D eigenvalue weighted by atomic mass is 16.3. The van der Waals surface area contributed by atoms with Crippen LogP contribution in [-0.2, 0) is 6.42 Å². The van der Waals surface area contributed by atoms with Gasteiger partial charge in [-0.2, -0.15) is 15.0 Å². The number of aliphatic hydroxyl groups is 2. The minimum atomic E-state index is -0.819. The van der Waals surface area contributed by atoms with Gasteiger partial charge in [0, 0.05) is 0 Å². The molecule has 2 aliphatic carbocycles. The molecule has 7 heteroatoms. The number of rotatable bonds is 4. The highest BCUT2D eigenvalue weighted by Crippen LogP contribution is 2.33. The van der Waals surface area contributed by atoms with Crippen molar-refractivity contribution in [3.63, 3.8) is 0 Å². The molecule has 1 aromatic heterocycles. The molecule has 0 saturated heterocycles. The molecule has 2 aromatic rings. The number of benzene rings is 1. The fourth-order valence-corrected chi connectivity index (χ4v) is 4.04. The van der Waals surface area contributed by atoms with E-state index in [1.54, 1.807) is 0 Å². The van der Waals surface area contributed by atoms with Crippen molar-refractivity contribution in [2.45, 2.75) is 57.4 Å². The zero-order valence-electron chi connectivity index (χ0n) is 15.1. The molecule has 0 bridgehead atoms. The first-order valence-electron chi connectivity index (χ1n) is 9.21. The smallest absolute Gasteiger partial charge is 0.228 e. The van der Waals surface area contributed by atoms with Gasteiger partial charge in [0.25, 0.3) is 0 Å². The van der Waals surface area contributed by atoms with Crippen molar-refractivity contribution >= 4 is 11.9 Å². The molecule has 4 N–H and O–H groups in total. The molecule has 1 aromatic carbocycles. The Bertz CT molecular complexity index is 799. The third-order valence-corrected chi connectivity index (χ3v) is 5.47. The highest BCUT2D eigenvalue weighted by Gasteiger charge is 2.39. The maximum absolute atomic E-state index is 10.2. The summed E-state index contributed by atoms with van der Waals surface area (Å²) in [5.74, 6) is 1.61. The first kappa shape index (κ1) is 17.2. The van der Waals surface area contributed by atoms with Gasteiger partial charge in [0.05, 0.1) is 18.2 Å². The number of aliphatic hydroxyl groups excluding tert-OH is 2. The second kappa shape index (κ2) is 6.81. The quantitative estimate of drug-likeness (QED) is 0.663. The highest BCUT2D eigenvalue weighted by molar-refractivity contribution is 5.42. The summed E-state index contributed by atoms with van der Waals surface area (Å²) in [5.41, 5.74) is 2.66. The summed E-state index contributed by atoms with van der Waals surface area (Å²) in [6.45, 7) is 3.75. The van der Waals surface area contributed by atoms with Gasteiger partial charge < -0.3 is 20.8 Å². The number of hydrogen-bond acceptors (Lipinski definition) is 7. The number of nitrogens with one attached hydrogen (secondary N) is 2. The molecule has 1 heterocycles. The number of fused-ring (bicyclic) bond motifs is 1. The molecule has 0 unspecified atom stereocenters. The van der Waals surface area contributed by atoms with Crippen molar-refractivity contribution in [2.75, 3.05) is 10.6 Å². The van der Waals surface area contributed by atoms with Crippen molar-refractivity contribution in [1.82, 2.24) is 15.0 Å². The molecule has 0 spiro atoms. The van der Waals surface area contributed by atoms with E-state index in [1.165, 1.54) is 11.1 Å². The average molecular weight is 355 g/mol. The maximum Gasteiger partial charge on any atom is 0.228 e. The van der Waals surface area contributed by atoms with E-state index in [0.29, 0.717) is 24.1 Å². The van der Waals surface area contributed by atoms with Gasteiger partial charge in [0.1, 0.15) is 11.9 Å². The Morgan fingerprint density at radius 3 is 2.46 bits per heavy atom. The zero-order valence-corrected chi connectivity index (χ0v) is 15.1. The number of aryl methyl sites for hydroxylation is 2. The summed E-state index contributed by atoms with van der Waals surface area (Å²) in [4.78, 5) is 13.2. The summed E-state index contributed by atoms with van der Waals surface area (Å²) in [7, 11) is 0. The van der Waals surface area contributed by atoms with Crippen molar-refractivity contribution in [3.05, 3.63) is 41.2 Å². The second-order valence-electron chi connectivity index (χ2n) is 7.41. The summed E-state index contributed by atoms with van der Waals surface area (Å²) < 4.78 is 0. The van der Waals surface area contributed by atoms with E-state index >= 15 is 0 Å². The topological polar surface area (TPSA) is 103 Å². The Balaban J connectivity index is 1.50. The van der Waals surface area contributed by atoms with Crippen LogP contribution in [0.25, 0.3) is 0 Å². The van der Waals surface area contributed by atoms with Crippen LogP contribution in [0.4, 0.5) is 11.9 Å². The summed E-state index contributed by atoms with van der Waals surface area (Å²) >= 11 is 0. The van der Waals surface area contributed by atoms with Gasteiger partial charge in [-0.15, -0.1) is 0 Å². The largest absolute Gasteiger partial charge is 0.390 e. The molecule has 138 valence electrons. The SMILES string of the molecule is Cc1nc(N[C@H]2CCc3ccccc32)nc(N[C@@H]2C[C@@H](C)[C@@H](O)[C@H]2O)n1. The van der Waals surface area contributed by atoms with Crippen LogP contribution in [0.2, 0.25) is 0 Å². The monoisotopic (exact) mass is 355 g/mol. The third kappa shape index (κ3) is 3.24. The Morgan fingerprint density at radius 2 is 1.73 bits per heavy atom. The van der Waals surface area contributed by atoms with Gasteiger partial charge in [0.15, 0.2) is 0 Å². The van der Waals surface area contributed by atoms with Crippen LogP contribution in [0.15, 0.2) is 24.3 Å². The number of nitrogens with zero attached hydrogens (tertiary/aromatic N) is 3. The van der Waals surface area contributed by atoms with Crippen LogP contribution < -0.4 is 10.6 Å². The molecule has 0 radical (unpaired) electrons. The standard InChI is InChI=1S/C19H25N5O2/c1-10-9-15(17(26)16(10)25)23-19-21-11(2)20-18(24-19)22-14-8-7-12-5-3-4-6-13(12)14/h3-6,10,14-17,25-26H,7-9H2,1-2H3,(H2,20,21,22,23,24)/t10-,14+,15-,16-,17+/m1/s1. The predicted molar refractivity (Wildman–Crippen MR) is 98.9 cm³/mol. The summed E-state index contributed by atoms with van der Waals surface area (Å²) in [6.07, 6.45) is 1.19. The van der Waals surface area contributed by atoms with Crippen molar-refractivity contribution in [2.24, 2.45) is 5.92 Å². The average Bonchev–Trinajstić information content (AvgIpc) is 3.12. The number of hydrogen-bond donors (Lipinski definition) is 4. The molecule has 0 amide bonds. The van der Waals surface area contributed by atoms with E-state index < -0.39 is 12.2 Å². The summed E-state index contributed by atoms with van der Waals surface area (Å²) in [5, 5.41) is 26.7. The molecule has 0 aliphatic heterocycles. The Morgan fingerprint density at radius 1 is 1.00 bits per heavy atom. The molecule has 26 heavy (non-hydrogen) atoms. The van der Waals surface area contributed by atoms with Crippen LogP contribution in [0.1, 0.15) is 42.8 Å². The van der Waals surface area contributed by atoms with Gasteiger partial charge in [-0.25, -0.2) is 0 Å². The van der Waals surface area contributed by atoms with E-state index in [0.717, 1.165) is 12.8 Å². The number of aromatic nitrogens is 3. The number of anilines is 2. The Labute approximate surface area is 152 Å². The van der Waals surface area contributed by atoms with Gasteiger partial charge >= 0.3 is 0 Å². The minimum absolute atomic E-state index is 0.0398. The Kier molecular flexibility index (Phi) is 4.50. The fraction of sp³-hybridized carbons (Fsp3) is 0.526. The van der Waals surface area contributed by atoms with Crippen LogP contribution in [-0.4, -0.2) is 43.4 Å². The first-order chi connectivity index (χ1) is 12.5. The van der Waals surface area contributed by atoms with Crippen LogP contribution >= 0.6 is 0 Å². The van der Waals surface area contributed by atoms with Crippen molar-refractivity contribution < 1.29 is 10.2 Å². The van der Waals surface area contributed by atoms with Crippen molar-refractivity contribution in [3.8, 4) is 0 Å². The van der Waals surface area contributed by atoms with Crippen LogP contribution in [0.3, 0.4) is 0 Å². The molecular weight excluding hydrogens is 330 g/mol. The molecule has 7 nitrogen and oxygen atoms in total.